The molecule has 4 atom stereocenters. The molecule has 8 nitrogen and oxygen atoms in total. The summed E-state index contributed by atoms with van der Waals surface area (Å²) in [6.45, 7) is 0.140. The summed E-state index contributed by atoms with van der Waals surface area (Å²) in [5.41, 5.74) is 5.28. The highest BCUT2D eigenvalue weighted by atomic mass is 32.2. The second kappa shape index (κ2) is 8.63. The standard InChI is InChI=1S/C34H24N4O4S/c1-42-18-12-10-17(11-13-18)15-36-33(40)27-25-19-6-2-4-8-21(19)37-23-14-24(32(31(23)39)43-16-35)38-22-9-5-3-7-20(22)26(28(27)34(36)41)30(38)29(25)37/h2-13,23-24,31-32,39H,14-15H2,1H3/t23-,24+,31+,32+/m0/s1. The number of aromatic nitrogens is 2. The summed E-state index contributed by atoms with van der Waals surface area (Å²) in [5.74, 6) is 0.0782. The van der Waals surface area contributed by atoms with E-state index in [-0.39, 0.29) is 35.7 Å². The normalized spacial score (nSPS) is 22.3. The molecule has 2 aliphatic heterocycles. The van der Waals surface area contributed by atoms with Crippen molar-refractivity contribution in [3.63, 3.8) is 0 Å². The molecule has 9 heteroatoms. The minimum absolute atomic E-state index is 0.140. The second-order valence-electron chi connectivity index (χ2n) is 11.6. The van der Waals surface area contributed by atoms with E-state index >= 15 is 0 Å². The quantitative estimate of drug-likeness (QED) is 0.197. The Morgan fingerprint density at radius 1 is 0.860 bits per heavy atom. The van der Waals surface area contributed by atoms with Gasteiger partial charge in [-0.25, -0.2) is 0 Å². The number of nitrogens with zero attached hydrogens (tertiary/aromatic N) is 4. The number of fused-ring (bicyclic) bond motifs is 13. The lowest BCUT2D eigenvalue weighted by molar-refractivity contribution is 0.0643. The molecule has 0 spiro atoms. The molecule has 210 valence electrons. The number of hydrogen-bond acceptors (Lipinski definition) is 6. The number of nitriles is 1. The van der Waals surface area contributed by atoms with Gasteiger partial charge in [-0.2, -0.15) is 5.26 Å². The van der Waals surface area contributed by atoms with E-state index in [2.05, 4.69) is 14.5 Å². The highest BCUT2D eigenvalue weighted by Gasteiger charge is 2.51. The predicted octanol–water partition coefficient (Wildman–Crippen LogP) is 6.15. The molecule has 1 N–H and O–H groups in total. The number of benzene rings is 4. The van der Waals surface area contributed by atoms with Crippen LogP contribution in [0.15, 0.2) is 72.8 Å². The van der Waals surface area contributed by atoms with Crippen molar-refractivity contribution in [2.75, 3.05) is 7.11 Å². The Morgan fingerprint density at radius 3 is 1.98 bits per heavy atom. The zero-order chi connectivity index (χ0) is 29.1. The summed E-state index contributed by atoms with van der Waals surface area (Å²) in [5, 5.41) is 26.6. The van der Waals surface area contributed by atoms with Crippen molar-refractivity contribution in [3.8, 4) is 11.2 Å². The van der Waals surface area contributed by atoms with Crippen LogP contribution in [0, 0.1) is 10.7 Å². The van der Waals surface area contributed by atoms with E-state index in [4.69, 9.17) is 4.74 Å². The van der Waals surface area contributed by atoms with E-state index in [1.807, 2.05) is 72.8 Å². The van der Waals surface area contributed by atoms with E-state index in [1.165, 1.54) is 4.90 Å². The van der Waals surface area contributed by atoms with Gasteiger partial charge in [0.2, 0.25) is 0 Å². The van der Waals surface area contributed by atoms with Crippen LogP contribution in [0.1, 0.15) is 44.8 Å². The maximum Gasteiger partial charge on any atom is 0.262 e. The maximum atomic E-state index is 14.4. The summed E-state index contributed by atoms with van der Waals surface area (Å²) < 4.78 is 9.73. The van der Waals surface area contributed by atoms with E-state index in [0.717, 1.165) is 60.9 Å². The highest BCUT2D eigenvalue weighted by Crippen LogP contribution is 2.56. The Hall–Kier alpha value is -4.78. The number of amides is 2. The molecule has 4 heterocycles. The molecular weight excluding hydrogens is 560 g/mol. The monoisotopic (exact) mass is 584 g/mol. The molecule has 1 saturated carbocycles. The van der Waals surface area contributed by atoms with Crippen molar-refractivity contribution < 1.29 is 19.4 Å². The molecule has 0 unspecified atom stereocenters. The van der Waals surface area contributed by atoms with Crippen molar-refractivity contribution in [1.82, 2.24) is 14.0 Å². The zero-order valence-corrected chi connectivity index (χ0v) is 23.8. The minimum atomic E-state index is -0.768. The molecule has 3 aliphatic rings. The van der Waals surface area contributed by atoms with Crippen molar-refractivity contribution in [3.05, 3.63) is 89.5 Å². The van der Waals surface area contributed by atoms with Gasteiger partial charge in [-0.15, -0.1) is 0 Å². The second-order valence-corrected chi connectivity index (χ2v) is 12.5. The van der Waals surface area contributed by atoms with Gasteiger partial charge in [0.25, 0.3) is 11.8 Å². The molecule has 2 aromatic heterocycles. The van der Waals surface area contributed by atoms with Gasteiger partial charge in [-0.1, -0.05) is 48.5 Å². The number of thiocyanates is 1. The number of aliphatic hydroxyl groups is 1. The van der Waals surface area contributed by atoms with E-state index < -0.39 is 6.10 Å². The summed E-state index contributed by atoms with van der Waals surface area (Å²) in [4.78, 5) is 30.2. The first kappa shape index (κ1) is 24.8. The summed E-state index contributed by atoms with van der Waals surface area (Å²) >= 11 is 1.11. The molecule has 1 fully saturated rings. The third-order valence-electron chi connectivity index (χ3n) is 9.66. The number of rotatable bonds is 4. The average molecular weight is 585 g/mol. The summed E-state index contributed by atoms with van der Waals surface area (Å²) in [6, 6.07) is 22.8. The van der Waals surface area contributed by atoms with Crippen LogP contribution < -0.4 is 4.74 Å². The Bertz CT molecular complexity index is 2260. The molecule has 1 aliphatic carbocycles. The lowest BCUT2D eigenvalue weighted by Crippen LogP contribution is -2.29. The average Bonchev–Trinajstić information content (AvgIpc) is 3.68. The fourth-order valence-corrected chi connectivity index (χ4v) is 8.80. The first-order chi connectivity index (χ1) is 21.0. The van der Waals surface area contributed by atoms with Crippen molar-refractivity contribution in [1.29, 1.82) is 5.26 Å². The molecular formula is C34H24N4O4S. The number of methoxy groups -OCH3 is 1. The minimum Gasteiger partial charge on any atom is -0.497 e. The lowest BCUT2D eigenvalue weighted by Gasteiger charge is -2.25. The van der Waals surface area contributed by atoms with Crippen LogP contribution in [0.3, 0.4) is 0 Å². The van der Waals surface area contributed by atoms with Crippen LogP contribution >= 0.6 is 11.8 Å². The number of aliphatic hydroxyl groups excluding tert-OH is 1. The van der Waals surface area contributed by atoms with Crippen molar-refractivity contribution in [2.45, 2.75) is 36.4 Å². The van der Waals surface area contributed by atoms with E-state index in [1.54, 1.807) is 7.11 Å². The van der Waals surface area contributed by atoms with Gasteiger partial charge >= 0.3 is 0 Å². The number of ether oxygens (including phenoxy) is 1. The van der Waals surface area contributed by atoms with Gasteiger partial charge in [0.1, 0.15) is 11.2 Å². The number of hydrogen-bond donors (Lipinski definition) is 1. The number of thioether (sulfide) groups is 1. The SMILES string of the molecule is COc1ccc(CN2C(=O)c3c(c4c5ccccc5n5c4c4c3c3ccccc3n4[C@@H]3C[C@H]5[C@@H](O)[C@@H]3SC#N)C2=O)cc1. The third kappa shape index (κ3) is 2.99. The van der Waals surface area contributed by atoms with Crippen LogP contribution in [0.5, 0.6) is 5.75 Å². The van der Waals surface area contributed by atoms with Crippen LogP contribution in [0.25, 0.3) is 43.6 Å². The van der Waals surface area contributed by atoms with Gasteiger partial charge in [-0.05, 0) is 48.0 Å². The number of para-hydroxylation sites is 2. The van der Waals surface area contributed by atoms with Crippen LogP contribution in [0.2, 0.25) is 0 Å². The third-order valence-corrected chi connectivity index (χ3v) is 10.6. The van der Waals surface area contributed by atoms with Crippen LogP contribution in [-0.4, -0.2) is 49.4 Å². The molecule has 2 amide bonds. The van der Waals surface area contributed by atoms with Crippen LogP contribution in [-0.2, 0) is 6.54 Å². The van der Waals surface area contributed by atoms with Crippen molar-refractivity contribution in [2.24, 2.45) is 0 Å². The largest absolute Gasteiger partial charge is 0.497 e. The Balaban J connectivity index is 1.42. The predicted molar refractivity (Wildman–Crippen MR) is 165 cm³/mol. The lowest BCUT2D eigenvalue weighted by atomic mass is 9.96. The van der Waals surface area contributed by atoms with Gasteiger partial charge in [-0.3, -0.25) is 14.5 Å². The summed E-state index contributed by atoms with van der Waals surface area (Å²) in [6.07, 6.45) is -0.137. The fraction of sp³-hybridized carbons (Fsp3) is 0.206. The molecule has 0 saturated heterocycles. The number of carbonyl (C=O) groups is 2. The fourth-order valence-electron chi connectivity index (χ4n) is 7.97. The number of carbonyl (C=O) groups excluding carboxylic acids is 2. The smallest absolute Gasteiger partial charge is 0.262 e. The molecule has 4 aromatic carbocycles. The van der Waals surface area contributed by atoms with Gasteiger partial charge in [0, 0.05) is 32.6 Å². The first-order valence-corrected chi connectivity index (χ1v) is 15.1. The topological polar surface area (TPSA) is 100 Å². The molecule has 43 heavy (non-hydrogen) atoms. The van der Waals surface area contributed by atoms with Crippen LogP contribution in [0.4, 0.5) is 0 Å². The summed E-state index contributed by atoms with van der Waals surface area (Å²) in [7, 11) is 1.60. The van der Waals surface area contributed by atoms with Gasteiger partial charge in [0.15, 0.2) is 0 Å². The Morgan fingerprint density at radius 2 is 1.42 bits per heavy atom. The molecule has 9 rings (SSSR count). The Labute approximate surface area is 249 Å². The molecule has 2 bridgehead atoms. The van der Waals surface area contributed by atoms with E-state index in [9.17, 15) is 20.0 Å². The maximum absolute atomic E-state index is 14.4. The molecule has 0 radical (unpaired) electrons. The van der Waals surface area contributed by atoms with Crippen molar-refractivity contribution >= 4 is 67.2 Å². The van der Waals surface area contributed by atoms with Gasteiger partial charge < -0.3 is 19.0 Å². The zero-order valence-electron chi connectivity index (χ0n) is 23.0. The Kier molecular flexibility index (Phi) is 4.97. The first-order valence-electron chi connectivity index (χ1n) is 14.3. The van der Waals surface area contributed by atoms with Gasteiger partial charge in [0.05, 0.1) is 59.3 Å². The van der Waals surface area contributed by atoms with E-state index in [0.29, 0.717) is 23.3 Å². The number of imide groups is 1. The molecule has 6 aromatic rings. The highest BCUT2D eigenvalue weighted by molar-refractivity contribution is 8.04.